The number of rotatable bonds is 7. The Hall–Kier alpha value is -4.14. The fourth-order valence-corrected chi connectivity index (χ4v) is 4.44. The number of fused-ring (bicyclic) bond motifs is 1. The van der Waals surface area contributed by atoms with Crippen LogP contribution in [0.15, 0.2) is 80.6 Å². The zero-order valence-electron chi connectivity index (χ0n) is 18.8. The van der Waals surface area contributed by atoms with Crippen molar-refractivity contribution in [2.24, 2.45) is 11.0 Å². The van der Waals surface area contributed by atoms with Gasteiger partial charge in [-0.15, -0.1) is 0 Å². The Morgan fingerprint density at radius 2 is 1.91 bits per heavy atom. The molecule has 3 heterocycles. The quantitative estimate of drug-likeness (QED) is 0.455. The fourth-order valence-electron chi connectivity index (χ4n) is 4.44. The van der Waals surface area contributed by atoms with Crippen LogP contribution in [-0.2, 0) is 14.3 Å². The summed E-state index contributed by atoms with van der Waals surface area (Å²) in [6, 6.07) is 12.5. The number of hydrazone groups is 1. The highest BCUT2D eigenvalue weighted by Gasteiger charge is 2.45. The molecule has 0 spiro atoms. The molecule has 5 rings (SSSR count). The second kappa shape index (κ2) is 10.0. The molecule has 8 nitrogen and oxygen atoms in total. The van der Waals surface area contributed by atoms with Gasteiger partial charge in [-0.3, -0.25) is 4.79 Å². The van der Waals surface area contributed by atoms with Crippen molar-refractivity contribution in [2.75, 3.05) is 13.2 Å². The maximum absolute atomic E-state index is 13.7. The van der Waals surface area contributed by atoms with Gasteiger partial charge in [0.15, 0.2) is 24.8 Å². The van der Waals surface area contributed by atoms with E-state index in [0.717, 1.165) is 30.5 Å². The van der Waals surface area contributed by atoms with Crippen LogP contribution in [0, 0.1) is 11.7 Å². The summed E-state index contributed by atoms with van der Waals surface area (Å²) < 4.78 is 35.0. The summed E-state index contributed by atoms with van der Waals surface area (Å²) in [6.45, 7) is -1.06. The molecule has 1 fully saturated rings. The molecule has 180 valence electrons. The second-order valence-corrected chi connectivity index (χ2v) is 8.25. The van der Waals surface area contributed by atoms with Gasteiger partial charge in [0.05, 0.1) is 18.2 Å². The first-order valence-corrected chi connectivity index (χ1v) is 11.3. The molecule has 2 unspecified atom stereocenters. The summed E-state index contributed by atoms with van der Waals surface area (Å²) in [6.07, 6.45) is 7.68. The molecule has 0 radical (unpaired) electrons. The van der Waals surface area contributed by atoms with Gasteiger partial charge < -0.3 is 18.3 Å². The molecule has 1 aliphatic heterocycles. The third-order valence-corrected chi connectivity index (χ3v) is 5.99. The van der Waals surface area contributed by atoms with Gasteiger partial charge in [-0.1, -0.05) is 12.1 Å². The summed E-state index contributed by atoms with van der Waals surface area (Å²) in [4.78, 5) is 25.2. The van der Waals surface area contributed by atoms with E-state index in [0.29, 0.717) is 11.5 Å². The van der Waals surface area contributed by atoms with Gasteiger partial charge in [0.1, 0.15) is 17.6 Å². The van der Waals surface area contributed by atoms with Crippen LogP contribution < -0.4 is 4.74 Å². The second-order valence-electron chi connectivity index (χ2n) is 8.25. The Balaban J connectivity index is 1.30. The highest BCUT2D eigenvalue weighted by molar-refractivity contribution is 6.08. The average Bonchev–Trinajstić information content (AvgIpc) is 3.63. The van der Waals surface area contributed by atoms with E-state index in [1.54, 1.807) is 24.7 Å². The molecule has 1 amide bonds. The first-order chi connectivity index (χ1) is 17.1. The summed E-state index contributed by atoms with van der Waals surface area (Å²) in [5.74, 6) is -0.683. The third-order valence-electron chi connectivity index (χ3n) is 5.99. The van der Waals surface area contributed by atoms with E-state index in [2.05, 4.69) is 5.10 Å². The third kappa shape index (κ3) is 4.89. The summed E-state index contributed by atoms with van der Waals surface area (Å²) in [7, 11) is 0. The van der Waals surface area contributed by atoms with Gasteiger partial charge in [0.2, 0.25) is 0 Å². The Kier molecular flexibility index (Phi) is 6.47. The van der Waals surface area contributed by atoms with E-state index >= 15 is 0 Å². The minimum absolute atomic E-state index is 0.0554. The Labute approximate surface area is 200 Å². The number of furan rings is 2. The maximum atomic E-state index is 13.7. The number of allylic oxidation sites excluding steroid dienone is 1. The normalized spacial score (nSPS) is 20.4. The number of nitrogens with zero attached hydrogens (tertiary/aromatic N) is 2. The Bertz CT molecular complexity index is 1250. The number of para-hydroxylation sites is 1. The molecular formula is C26H23FN2O6. The zero-order chi connectivity index (χ0) is 24.2. The van der Waals surface area contributed by atoms with E-state index in [9.17, 15) is 14.0 Å². The lowest BCUT2D eigenvalue weighted by atomic mass is 9.79. The molecule has 0 bridgehead atoms. The molecule has 0 N–H and O–H groups in total. The number of hydrogen-bond donors (Lipinski definition) is 0. The standard InChI is InChI=1S/C26H23FN2O6/c27-20-9-1-2-10-21(20)34-16-24(31)35-15-23(30)29-26(22-11-5-13-33-22)19-8-3-6-17(25(19)28-29)14-18-7-4-12-32-18/h1-2,4-5,7,9-14,19,26H,3,6,8,15-16H2. The topological polar surface area (TPSA) is 94.5 Å². The zero-order valence-corrected chi connectivity index (χ0v) is 18.8. The molecule has 9 heteroatoms. The lowest BCUT2D eigenvalue weighted by Crippen LogP contribution is -2.34. The number of amides is 1. The monoisotopic (exact) mass is 478 g/mol. The SMILES string of the molecule is O=C(COc1ccccc1F)OCC(=O)N1N=C2C(=Cc3ccco3)CCCC2C1c1ccco1. The molecule has 3 aromatic rings. The lowest BCUT2D eigenvalue weighted by molar-refractivity contribution is -0.154. The van der Waals surface area contributed by atoms with Crippen molar-refractivity contribution in [1.82, 2.24) is 5.01 Å². The molecule has 2 atom stereocenters. The van der Waals surface area contributed by atoms with Crippen molar-refractivity contribution in [2.45, 2.75) is 25.3 Å². The Morgan fingerprint density at radius 1 is 1.09 bits per heavy atom. The Morgan fingerprint density at radius 3 is 2.69 bits per heavy atom. The number of esters is 1. The van der Waals surface area contributed by atoms with Crippen molar-refractivity contribution in [3.63, 3.8) is 0 Å². The molecular weight excluding hydrogens is 455 g/mol. The molecule has 1 aliphatic carbocycles. The number of ether oxygens (including phenoxy) is 2. The van der Waals surface area contributed by atoms with Gasteiger partial charge in [0, 0.05) is 5.92 Å². The van der Waals surface area contributed by atoms with Gasteiger partial charge in [0.25, 0.3) is 5.91 Å². The average molecular weight is 478 g/mol. The van der Waals surface area contributed by atoms with Crippen LogP contribution in [0.4, 0.5) is 4.39 Å². The van der Waals surface area contributed by atoms with Crippen molar-refractivity contribution in [3.05, 3.63) is 84.0 Å². The van der Waals surface area contributed by atoms with Crippen molar-refractivity contribution >= 4 is 23.7 Å². The van der Waals surface area contributed by atoms with Crippen LogP contribution in [0.2, 0.25) is 0 Å². The number of benzene rings is 1. The predicted molar refractivity (Wildman–Crippen MR) is 123 cm³/mol. The van der Waals surface area contributed by atoms with E-state index < -0.39 is 36.9 Å². The van der Waals surface area contributed by atoms with E-state index in [1.165, 1.54) is 23.2 Å². The molecule has 35 heavy (non-hydrogen) atoms. The smallest absolute Gasteiger partial charge is 0.344 e. The van der Waals surface area contributed by atoms with Crippen molar-refractivity contribution < 1.29 is 32.3 Å². The first-order valence-electron chi connectivity index (χ1n) is 11.3. The maximum Gasteiger partial charge on any atom is 0.344 e. The van der Waals surface area contributed by atoms with E-state index in [4.69, 9.17) is 18.3 Å². The largest absolute Gasteiger partial charge is 0.479 e. The summed E-state index contributed by atoms with van der Waals surface area (Å²) in [5, 5.41) is 5.99. The van der Waals surface area contributed by atoms with Crippen LogP contribution in [0.5, 0.6) is 5.75 Å². The molecule has 2 aliphatic rings. The molecule has 0 saturated heterocycles. The molecule has 1 saturated carbocycles. The van der Waals surface area contributed by atoms with Crippen LogP contribution in [0.25, 0.3) is 6.08 Å². The highest BCUT2D eigenvalue weighted by Crippen LogP contribution is 2.44. The van der Waals surface area contributed by atoms with Crippen LogP contribution >= 0.6 is 0 Å². The first kappa shape index (κ1) is 22.6. The van der Waals surface area contributed by atoms with Gasteiger partial charge in [-0.25, -0.2) is 14.2 Å². The van der Waals surface area contributed by atoms with Crippen LogP contribution in [0.1, 0.15) is 36.8 Å². The van der Waals surface area contributed by atoms with Gasteiger partial charge >= 0.3 is 5.97 Å². The summed E-state index contributed by atoms with van der Waals surface area (Å²) in [5.41, 5.74) is 1.80. The summed E-state index contributed by atoms with van der Waals surface area (Å²) >= 11 is 0. The molecule has 1 aromatic carbocycles. The number of hydrogen-bond acceptors (Lipinski definition) is 7. The minimum Gasteiger partial charge on any atom is -0.479 e. The predicted octanol–water partition coefficient (Wildman–Crippen LogP) is 4.76. The lowest BCUT2D eigenvalue weighted by Gasteiger charge is -2.27. The fraction of sp³-hybridized carbons (Fsp3) is 0.269. The van der Waals surface area contributed by atoms with Gasteiger partial charge in [-0.05, 0) is 67.3 Å². The van der Waals surface area contributed by atoms with Crippen molar-refractivity contribution in [1.29, 1.82) is 0 Å². The van der Waals surface area contributed by atoms with Crippen LogP contribution in [0.3, 0.4) is 0 Å². The number of halogens is 1. The van der Waals surface area contributed by atoms with E-state index in [1.807, 2.05) is 24.3 Å². The van der Waals surface area contributed by atoms with E-state index in [-0.39, 0.29) is 11.7 Å². The number of carbonyl (C=O) groups excluding carboxylic acids is 2. The van der Waals surface area contributed by atoms with Gasteiger partial charge in [-0.2, -0.15) is 5.10 Å². The highest BCUT2D eigenvalue weighted by atomic mass is 19.1. The van der Waals surface area contributed by atoms with Crippen molar-refractivity contribution in [3.8, 4) is 5.75 Å². The van der Waals surface area contributed by atoms with Crippen LogP contribution in [-0.4, -0.2) is 35.8 Å². The number of carbonyl (C=O) groups is 2. The molecule has 2 aromatic heterocycles. The minimum atomic E-state index is -0.793.